The summed E-state index contributed by atoms with van der Waals surface area (Å²) in [5.74, 6) is 0.0288. The zero-order valence-electron chi connectivity index (χ0n) is 14.3. The van der Waals surface area contributed by atoms with Crippen LogP contribution in [0.2, 0.25) is 0 Å². The molecule has 0 aliphatic carbocycles. The Morgan fingerprint density at radius 2 is 1.79 bits per heavy atom. The lowest BCUT2D eigenvalue weighted by atomic mass is 10.1. The predicted octanol–water partition coefficient (Wildman–Crippen LogP) is 1.47. The Bertz CT molecular complexity index is 756. The molecule has 0 saturated carbocycles. The van der Waals surface area contributed by atoms with Gasteiger partial charge in [0.15, 0.2) is 0 Å². The SMILES string of the molecule is CCCn1c(=O)n(CCC(=O)NC2CCNCC2)c2ccccc21. The topological polar surface area (TPSA) is 68.1 Å². The summed E-state index contributed by atoms with van der Waals surface area (Å²) >= 11 is 0. The molecule has 1 aromatic carbocycles. The normalized spacial score (nSPS) is 15.7. The molecule has 0 atom stereocenters. The molecular formula is C18H26N4O2. The Labute approximate surface area is 141 Å². The summed E-state index contributed by atoms with van der Waals surface area (Å²) in [4.78, 5) is 24.9. The molecule has 3 rings (SSSR count). The maximum absolute atomic E-state index is 12.7. The number of amides is 1. The molecule has 0 bridgehead atoms. The first-order valence-electron chi connectivity index (χ1n) is 8.89. The summed E-state index contributed by atoms with van der Waals surface area (Å²) in [6.45, 7) is 5.09. The number of imidazole rings is 1. The molecule has 24 heavy (non-hydrogen) atoms. The Balaban J connectivity index is 1.71. The van der Waals surface area contributed by atoms with Crippen LogP contribution >= 0.6 is 0 Å². The quantitative estimate of drug-likeness (QED) is 0.843. The second-order valence-corrected chi connectivity index (χ2v) is 6.42. The van der Waals surface area contributed by atoms with Crippen molar-refractivity contribution in [3.05, 3.63) is 34.7 Å². The fourth-order valence-electron chi connectivity index (χ4n) is 3.41. The molecule has 2 heterocycles. The highest BCUT2D eigenvalue weighted by molar-refractivity contribution is 5.78. The summed E-state index contributed by atoms with van der Waals surface area (Å²) in [5.41, 5.74) is 1.83. The van der Waals surface area contributed by atoms with Crippen LogP contribution in [0.15, 0.2) is 29.1 Å². The van der Waals surface area contributed by atoms with E-state index in [1.54, 1.807) is 9.13 Å². The highest BCUT2D eigenvalue weighted by atomic mass is 16.2. The van der Waals surface area contributed by atoms with Gasteiger partial charge in [-0.1, -0.05) is 19.1 Å². The van der Waals surface area contributed by atoms with Crippen LogP contribution < -0.4 is 16.3 Å². The minimum Gasteiger partial charge on any atom is -0.353 e. The Kier molecular flexibility index (Phi) is 5.35. The van der Waals surface area contributed by atoms with E-state index >= 15 is 0 Å². The summed E-state index contributed by atoms with van der Waals surface area (Å²) in [7, 11) is 0. The predicted molar refractivity (Wildman–Crippen MR) is 95.1 cm³/mol. The number of nitrogens with zero attached hydrogens (tertiary/aromatic N) is 2. The van der Waals surface area contributed by atoms with Gasteiger partial charge in [0, 0.05) is 25.6 Å². The zero-order valence-corrected chi connectivity index (χ0v) is 14.3. The third-order valence-electron chi connectivity index (χ3n) is 4.64. The number of fused-ring (bicyclic) bond motifs is 1. The molecule has 1 aliphatic heterocycles. The maximum atomic E-state index is 12.7. The highest BCUT2D eigenvalue weighted by Crippen LogP contribution is 2.13. The van der Waals surface area contributed by atoms with E-state index in [9.17, 15) is 9.59 Å². The Morgan fingerprint density at radius 1 is 1.17 bits per heavy atom. The molecule has 0 radical (unpaired) electrons. The number of hydrogen-bond donors (Lipinski definition) is 2. The lowest BCUT2D eigenvalue weighted by Gasteiger charge is -2.23. The number of hydrogen-bond acceptors (Lipinski definition) is 3. The number of nitrogens with one attached hydrogen (secondary N) is 2. The number of carbonyl (C=O) groups excluding carboxylic acids is 1. The molecule has 1 saturated heterocycles. The maximum Gasteiger partial charge on any atom is 0.329 e. The Morgan fingerprint density at radius 3 is 2.42 bits per heavy atom. The van der Waals surface area contributed by atoms with E-state index in [2.05, 4.69) is 17.6 Å². The van der Waals surface area contributed by atoms with E-state index in [-0.39, 0.29) is 17.6 Å². The van der Waals surface area contributed by atoms with Gasteiger partial charge < -0.3 is 10.6 Å². The first-order chi connectivity index (χ1) is 11.7. The number of aromatic nitrogens is 2. The van der Waals surface area contributed by atoms with Crippen LogP contribution in [0.3, 0.4) is 0 Å². The summed E-state index contributed by atoms with van der Waals surface area (Å²) in [6.07, 6.45) is 3.19. The molecule has 1 aliphatic rings. The number of piperidine rings is 1. The molecule has 6 heteroatoms. The van der Waals surface area contributed by atoms with Crippen molar-refractivity contribution in [2.24, 2.45) is 0 Å². The Hall–Kier alpha value is -2.08. The van der Waals surface area contributed by atoms with Gasteiger partial charge >= 0.3 is 5.69 Å². The minimum absolute atomic E-state index is 0.0206. The largest absolute Gasteiger partial charge is 0.353 e. The van der Waals surface area contributed by atoms with Gasteiger partial charge in [-0.25, -0.2) is 4.79 Å². The van der Waals surface area contributed by atoms with Gasteiger partial charge in [-0.05, 0) is 44.5 Å². The van der Waals surface area contributed by atoms with Crippen molar-refractivity contribution < 1.29 is 4.79 Å². The van der Waals surface area contributed by atoms with Crippen molar-refractivity contribution >= 4 is 16.9 Å². The molecule has 1 fully saturated rings. The zero-order chi connectivity index (χ0) is 16.9. The number of carbonyl (C=O) groups is 1. The summed E-state index contributed by atoms with van der Waals surface area (Å²) in [5, 5.41) is 6.38. The van der Waals surface area contributed by atoms with Crippen LogP contribution in [0, 0.1) is 0 Å². The molecule has 1 aromatic heterocycles. The molecule has 0 spiro atoms. The standard InChI is InChI=1S/C18H26N4O2/c1-2-12-21-15-5-3-4-6-16(15)22(18(21)24)13-9-17(23)20-14-7-10-19-11-8-14/h3-6,14,19H,2,7-13H2,1H3,(H,20,23). The van der Waals surface area contributed by atoms with Gasteiger partial charge in [-0.2, -0.15) is 0 Å². The summed E-state index contributed by atoms with van der Waals surface area (Å²) < 4.78 is 3.53. The molecule has 0 unspecified atom stereocenters. The van der Waals surface area contributed by atoms with E-state index < -0.39 is 0 Å². The lowest BCUT2D eigenvalue weighted by molar-refractivity contribution is -0.122. The van der Waals surface area contributed by atoms with Gasteiger partial charge in [-0.3, -0.25) is 13.9 Å². The smallest absolute Gasteiger partial charge is 0.329 e. The third kappa shape index (κ3) is 3.53. The van der Waals surface area contributed by atoms with Gasteiger partial charge in [0.25, 0.3) is 0 Å². The number of benzene rings is 1. The minimum atomic E-state index is -0.0206. The second kappa shape index (κ2) is 7.66. The molecule has 130 valence electrons. The molecular weight excluding hydrogens is 304 g/mol. The van der Waals surface area contributed by atoms with Crippen molar-refractivity contribution in [3.8, 4) is 0 Å². The second-order valence-electron chi connectivity index (χ2n) is 6.42. The fraction of sp³-hybridized carbons (Fsp3) is 0.556. The first-order valence-corrected chi connectivity index (χ1v) is 8.89. The summed E-state index contributed by atoms with van der Waals surface area (Å²) in [6, 6.07) is 8.06. The van der Waals surface area contributed by atoms with Crippen LogP contribution in [0.25, 0.3) is 11.0 Å². The molecule has 1 amide bonds. The fourth-order valence-corrected chi connectivity index (χ4v) is 3.41. The number of aryl methyl sites for hydroxylation is 2. The van der Waals surface area contributed by atoms with Crippen LogP contribution in [0.1, 0.15) is 32.6 Å². The van der Waals surface area contributed by atoms with Crippen LogP contribution in [0.5, 0.6) is 0 Å². The van der Waals surface area contributed by atoms with Crippen LogP contribution in [-0.4, -0.2) is 34.2 Å². The van der Waals surface area contributed by atoms with Crippen molar-refractivity contribution in [2.45, 2.75) is 51.7 Å². The van der Waals surface area contributed by atoms with E-state index in [0.29, 0.717) is 19.5 Å². The van der Waals surface area contributed by atoms with Crippen molar-refractivity contribution in [1.29, 1.82) is 0 Å². The van der Waals surface area contributed by atoms with E-state index in [1.807, 2.05) is 24.3 Å². The van der Waals surface area contributed by atoms with Gasteiger partial charge in [0.1, 0.15) is 0 Å². The average Bonchev–Trinajstić information content (AvgIpc) is 2.86. The molecule has 2 N–H and O–H groups in total. The van der Waals surface area contributed by atoms with Crippen LogP contribution in [0.4, 0.5) is 0 Å². The van der Waals surface area contributed by atoms with E-state index in [0.717, 1.165) is 43.4 Å². The first kappa shape index (κ1) is 16.8. The van der Waals surface area contributed by atoms with E-state index in [4.69, 9.17) is 0 Å². The molecule has 2 aromatic rings. The van der Waals surface area contributed by atoms with Crippen molar-refractivity contribution in [3.63, 3.8) is 0 Å². The van der Waals surface area contributed by atoms with Gasteiger partial charge in [-0.15, -0.1) is 0 Å². The van der Waals surface area contributed by atoms with E-state index in [1.165, 1.54) is 0 Å². The average molecular weight is 330 g/mol. The van der Waals surface area contributed by atoms with Crippen LogP contribution in [-0.2, 0) is 17.9 Å². The molecule has 6 nitrogen and oxygen atoms in total. The van der Waals surface area contributed by atoms with Crippen molar-refractivity contribution in [1.82, 2.24) is 19.8 Å². The van der Waals surface area contributed by atoms with Crippen molar-refractivity contribution in [2.75, 3.05) is 13.1 Å². The lowest BCUT2D eigenvalue weighted by Crippen LogP contribution is -2.43. The number of rotatable bonds is 6. The van der Waals surface area contributed by atoms with Gasteiger partial charge in [0.2, 0.25) is 5.91 Å². The van der Waals surface area contributed by atoms with Gasteiger partial charge in [0.05, 0.1) is 11.0 Å². The monoisotopic (exact) mass is 330 g/mol. The highest BCUT2D eigenvalue weighted by Gasteiger charge is 2.17. The number of para-hydroxylation sites is 2. The third-order valence-corrected chi connectivity index (χ3v) is 4.64.